The average Bonchev–Trinajstić information content (AvgIpc) is 3.00. The quantitative estimate of drug-likeness (QED) is 0.677. The maximum Gasteiger partial charge on any atom is 0.260 e. The molecule has 4 nitrogen and oxygen atoms in total. The van der Waals surface area contributed by atoms with Gasteiger partial charge in [0.05, 0.1) is 22.5 Å². The topological polar surface area (TPSA) is 45.2 Å². The number of hydrogen-bond acceptors (Lipinski definition) is 3. The van der Waals surface area contributed by atoms with Gasteiger partial charge in [-0.15, -0.1) is 0 Å². The number of nitrogens with zero attached hydrogens (tertiary/aromatic N) is 2. The summed E-state index contributed by atoms with van der Waals surface area (Å²) in [7, 11) is 0. The van der Waals surface area contributed by atoms with Crippen molar-refractivity contribution in [1.82, 2.24) is 4.98 Å². The Bertz CT molecular complexity index is 1020. The Labute approximate surface area is 161 Å². The molecule has 2 heterocycles. The normalized spacial score (nSPS) is 15.5. The molecule has 1 unspecified atom stereocenters. The first-order valence-corrected chi connectivity index (χ1v) is 8.99. The number of anilines is 3. The van der Waals surface area contributed by atoms with Gasteiger partial charge in [0.25, 0.3) is 5.91 Å². The van der Waals surface area contributed by atoms with Gasteiger partial charge in [-0.25, -0.2) is 4.39 Å². The second kappa shape index (κ2) is 7.00. The molecule has 1 amide bonds. The third kappa shape index (κ3) is 3.38. The highest BCUT2D eigenvalue weighted by Gasteiger charge is 2.31. The minimum atomic E-state index is -0.481. The summed E-state index contributed by atoms with van der Waals surface area (Å²) in [5.74, 6) is -0.577. The Balaban J connectivity index is 1.60. The summed E-state index contributed by atoms with van der Waals surface area (Å²) in [6.07, 6.45) is 4.00. The van der Waals surface area contributed by atoms with Crippen LogP contribution in [0, 0.1) is 5.82 Å². The van der Waals surface area contributed by atoms with E-state index in [1.165, 1.54) is 17.7 Å². The van der Waals surface area contributed by atoms with Crippen molar-refractivity contribution in [3.63, 3.8) is 0 Å². The smallest absolute Gasteiger partial charge is 0.260 e. The van der Waals surface area contributed by atoms with Gasteiger partial charge in [-0.2, -0.15) is 0 Å². The molecule has 0 aliphatic carbocycles. The minimum absolute atomic E-state index is 0.0303. The van der Waals surface area contributed by atoms with Gasteiger partial charge in [0.2, 0.25) is 0 Å². The van der Waals surface area contributed by atoms with Crippen LogP contribution in [0.3, 0.4) is 0 Å². The van der Waals surface area contributed by atoms with Crippen LogP contribution in [0.25, 0.3) is 0 Å². The summed E-state index contributed by atoms with van der Waals surface area (Å²) in [6.45, 7) is 2.04. The van der Waals surface area contributed by atoms with E-state index >= 15 is 0 Å². The van der Waals surface area contributed by atoms with Crippen molar-refractivity contribution in [2.45, 2.75) is 19.4 Å². The fourth-order valence-corrected chi connectivity index (χ4v) is 3.56. The molecule has 1 aliphatic heterocycles. The lowest BCUT2D eigenvalue weighted by molar-refractivity contribution is 0.0981. The van der Waals surface area contributed by atoms with Gasteiger partial charge < -0.3 is 10.2 Å². The lowest BCUT2D eigenvalue weighted by atomic mass is 10.1. The predicted molar refractivity (Wildman–Crippen MR) is 105 cm³/mol. The SMILES string of the molecule is CC1Cc2ccccc2N1C(=O)c1cncc(Nc2ccc(F)c(Cl)c2)c1. The number of hydrogen-bond donors (Lipinski definition) is 1. The summed E-state index contributed by atoms with van der Waals surface area (Å²) in [5.41, 5.74) is 3.84. The second-order valence-corrected chi connectivity index (χ2v) is 6.98. The highest BCUT2D eigenvalue weighted by atomic mass is 35.5. The fourth-order valence-electron chi connectivity index (χ4n) is 3.38. The van der Waals surface area contributed by atoms with Gasteiger partial charge in [-0.05, 0) is 49.2 Å². The number of fused-ring (bicyclic) bond motifs is 1. The minimum Gasteiger partial charge on any atom is -0.354 e. The average molecular weight is 382 g/mol. The Morgan fingerprint density at radius 3 is 2.81 bits per heavy atom. The molecule has 3 aromatic rings. The van der Waals surface area contributed by atoms with Gasteiger partial charge in [0, 0.05) is 23.6 Å². The standard InChI is InChI=1S/C21H17ClFN3O/c1-13-8-14-4-2-3-5-20(14)26(13)21(27)15-9-17(12-24-11-15)25-16-6-7-19(23)18(22)10-16/h2-7,9-13,25H,8H2,1H3. The molecule has 1 N–H and O–H groups in total. The highest BCUT2D eigenvalue weighted by molar-refractivity contribution is 6.31. The Morgan fingerprint density at radius 1 is 1.19 bits per heavy atom. The third-order valence-corrected chi connectivity index (χ3v) is 4.91. The molecule has 0 saturated carbocycles. The Morgan fingerprint density at radius 2 is 2.00 bits per heavy atom. The van der Waals surface area contributed by atoms with Crippen molar-refractivity contribution in [3.05, 3.63) is 82.9 Å². The van der Waals surface area contributed by atoms with Crippen molar-refractivity contribution in [1.29, 1.82) is 0 Å². The van der Waals surface area contributed by atoms with E-state index in [-0.39, 0.29) is 17.0 Å². The van der Waals surface area contributed by atoms with Crippen LogP contribution in [-0.2, 0) is 6.42 Å². The zero-order valence-electron chi connectivity index (χ0n) is 14.6. The summed E-state index contributed by atoms with van der Waals surface area (Å²) < 4.78 is 13.3. The molecule has 0 spiro atoms. The molecule has 4 rings (SSSR count). The second-order valence-electron chi connectivity index (χ2n) is 6.57. The van der Waals surface area contributed by atoms with Gasteiger partial charge in [-0.3, -0.25) is 9.78 Å². The van der Waals surface area contributed by atoms with Crippen LogP contribution in [-0.4, -0.2) is 16.9 Å². The molecular formula is C21H17ClFN3O. The van der Waals surface area contributed by atoms with Crippen LogP contribution in [0.5, 0.6) is 0 Å². The number of halogens is 2. The Kier molecular flexibility index (Phi) is 4.54. The van der Waals surface area contributed by atoms with Crippen molar-refractivity contribution in [3.8, 4) is 0 Å². The molecule has 136 valence electrons. The van der Waals surface area contributed by atoms with E-state index < -0.39 is 5.82 Å². The van der Waals surface area contributed by atoms with Gasteiger partial charge in [-0.1, -0.05) is 29.8 Å². The van der Waals surface area contributed by atoms with E-state index in [1.54, 1.807) is 24.5 Å². The molecule has 1 aliphatic rings. The van der Waals surface area contributed by atoms with Gasteiger partial charge in [0.15, 0.2) is 0 Å². The Hall–Kier alpha value is -2.92. The van der Waals surface area contributed by atoms with Crippen molar-refractivity contribution >= 4 is 34.6 Å². The number of pyridine rings is 1. The number of carbonyl (C=O) groups excluding carboxylic acids is 1. The molecule has 0 fully saturated rings. The molecule has 0 radical (unpaired) electrons. The van der Waals surface area contributed by atoms with Crippen LogP contribution in [0.2, 0.25) is 5.02 Å². The fraction of sp³-hybridized carbons (Fsp3) is 0.143. The first-order chi connectivity index (χ1) is 13.0. The van der Waals surface area contributed by atoms with Crippen LogP contribution in [0.4, 0.5) is 21.5 Å². The van der Waals surface area contributed by atoms with E-state index in [2.05, 4.69) is 10.3 Å². The van der Waals surface area contributed by atoms with E-state index in [0.29, 0.717) is 16.9 Å². The number of aromatic nitrogens is 1. The first-order valence-electron chi connectivity index (χ1n) is 8.61. The molecule has 0 bridgehead atoms. The van der Waals surface area contributed by atoms with Crippen LogP contribution in [0.1, 0.15) is 22.8 Å². The van der Waals surface area contributed by atoms with Gasteiger partial charge >= 0.3 is 0 Å². The number of para-hydroxylation sites is 1. The molecule has 2 aromatic carbocycles. The van der Waals surface area contributed by atoms with E-state index in [4.69, 9.17) is 11.6 Å². The predicted octanol–water partition coefficient (Wildman–Crippen LogP) is 5.21. The zero-order chi connectivity index (χ0) is 19.0. The first kappa shape index (κ1) is 17.5. The molecule has 27 heavy (non-hydrogen) atoms. The van der Waals surface area contributed by atoms with Crippen LogP contribution < -0.4 is 10.2 Å². The number of carbonyl (C=O) groups is 1. The van der Waals surface area contributed by atoms with E-state index in [0.717, 1.165) is 12.1 Å². The monoisotopic (exact) mass is 381 g/mol. The number of amides is 1. The largest absolute Gasteiger partial charge is 0.354 e. The lowest BCUT2D eigenvalue weighted by Crippen LogP contribution is -2.35. The maximum absolute atomic E-state index is 13.3. The summed E-state index contributed by atoms with van der Waals surface area (Å²) in [6, 6.07) is 14.1. The summed E-state index contributed by atoms with van der Waals surface area (Å²) >= 11 is 5.82. The number of benzene rings is 2. The van der Waals surface area contributed by atoms with Crippen LogP contribution in [0.15, 0.2) is 60.9 Å². The van der Waals surface area contributed by atoms with Crippen molar-refractivity contribution < 1.29 is 9.18 Å². The lowest BCUT2D eigenvalue weighted by Gasteiger charge is -2.23. The molecular weight excluding hydrogens is 365 g/mol. The molecule has 1 atom stereocenters. The maximum atomic E-state index is 13.3. The van der Waals surface area contributed by atoms with Gasteiger partial charge in [0.1, 0.15) is 5.82 Å². The summed E-state index contributed by atoms with van der Waals surface area (Å²) in [5, 5.41) is 3.13. The van der Waals surface area contributed by atoms with E-state index in [9.17, 15) is 9.18 Å². The summed E-state index contributed by atoms with van der Waals surface area (Å²) in [4.78, 5) is 19.1. The highest BCUT2D eigenvalue weighted by Crippen LogP contribution is 2.33. The number of rotatable bonds is 3. The van der Waals surface area contributed by atoms with E-state index in [1.807, 2.05) is 36.1 Å². The molecule has 6 heteroatoms. The number of nitrogens with one attached hydrogen (secondary N) is 1. The van der Waals surface area contributed by atoms with Crippen molar-refractivity contribution in [2.75, 3.05) is 10.2 Å². The molecule has 1 aromatic heterocycles. The van der Waals surface area contributed by atoms with Crippen LogP contribution >= 0.6 is 11.6 Å². The third-order valence-electron chi connectivity index (χ3n) is 4.62. The molecule has 0 saturated heterocycles. The van der Waals surface area contributed by atoms with Crippen molar-refractivity contribution in [2.24, 2.45) is 0 Å². The zero-order valence-corrected chi connectivity index (χ0v) is 15.4.